The van der Waals surface area contributed by atoms with Crippen LogP contribution in [0.1, 0.15) is 55.8 Å². The number of aryl methyl sites for hydroxylation is 2. The summed E-state index contributed by atoms with van der Waals surface area (Å²) in [5, 5.41) is 9.35. The Hall–Kier alpha value is -2.97. The van der Waals surface area contributed by atoms with Crippen molar-refractivity contribution in [2.24, 2.45) is 0 Å². The molecule has 1 aliphatic heterocycles. The molecule has 3 aromatic rings. The standard InChI is InChI=1S/C25H30N4O3S/c1-15(2)31-12-7-11-29-18(5)21(24-27-23(28-32-24)20-8-6-13-33-20)22(26-25(29)30)19-10-9-16(3)17(4)14-19/h6,8-10,13-15,22H,7,11-12H2,1-5H3,(H,26,30). The normalized spacial score (nSPS) is 16.6. The molecule has 0 saturated carbocycles. The largest absolute Gasteiger partial charge is 0.379 e. The number of hydrogen-bond acceptors (Lipinski definition) is 6. The molecule has 0 saturated heterocycles. The van der Waals surface area contributed by atoms with Crippen LogP contribution in [0.5, 0.6) is 0 Å². The highest BCUT2D eigenvalue weighted by Gasteiger charge is 2.35. The van der Waals surface area contributed by atoms with Gasteiger partial charge in [-0.2, -0.15) is 4.98 Å². The Bertz CT molecular complexity index is 1150. The fraction of sp³-hybridized carbons (Fsp3) is 0.400. The van der Waals surface area contributed by atoms with Crippen LogP contribution in [-0.4, -0.2) is 40.3 Å². The molecule has 0 aliphatic carbocycles. The highest BCUT2D eigenvalue weighted by Crippen LogP contribution is 2.38. The number of urea groups is 1. The van der Waals surface area contributed by atoms with Crippen molar-refractivity contribution in [1.29, 1.82) is 0 Å². The first-order valence-electron chi connectivity index (χ1n) is 11.2. The predicted molar refractivity (Wildman–Crippen MR) is 130 cm³/mol. The summed E-state index contributed by atoms with van der Waals surface area (Å²) in [6.45, 7) is 11.2. The van der Waals surface area contributed by atoms with Crippen LogP contribution in [0.4, 0.5) is 4.79 Å². The van der Waals surface area contributed by atoms with Crippen LogP contribution in [0.2, 0.25) is 0 Å². The first kappa shape index (κ1) is 23.2. The summed E-state index contributed by atoms with van der Waals surface area (Å²) in [6.07, 6.45) is 0.894. The number of carbonyl (C=O) groups is 1. The van der Waals surface area contributed by atoms with Crippen LogP contribution in [0.3, 0.4) is 0 Å². The van der Waals surface area contributed by atoms with Crippen molar-refractivity contribution in [3.05, 3.63) is 64.0 Å². The summed E-state index contributed by atoms with van der Waals surface area (Å²) in [5.74, 6) is 0.968. The van der Waals surface area contributed by atoms with Gasteiger partial charge >= 0.3 is 6.03 Å². The van der Waals surface area contributed by atoms with Gasteiger partial charge in [-0.15, -0.1) is 11.3 Å². The van der Waals surface area contributed by atoms with E-state index in [4.69, 9.17) is 14.2 Å². The first-order chi connectivity index (χ1) is 15.8. The van der Waals surface area contributed by atoms with E-state index < -0.39 is 0 Å². The zero-order chi connectivity index (χ0) is 23.5. The first-order valence-corrected chi connectivity index (χ1v) is 12.1. The van der Waals surface area contributed by atoms with Crippen molar-refractivity contribution in [2.45, 2.75) is 53.2 Å². The number of hydrogen-bond donors (Lipinski definition) is 1. The SMILES string of the molecule is CC1=C(c2nc(-c3cccs3)no2)C(c2ccc(C)c(C)c2)NC(=O)N1CCCOC(C)C. The maximum atomic E-state index is 13.1. The number of nitrogens with zero attached hydrogens (tertiary/aromatic N) is 3. The van der Waals surface area contributed by atoms with Crippen molar-refractivity contribution in [1.82, 2.24) is 20.4 Å². The minimum Gasteiger partial charge on any atom is -0.379 e. The quantitative estimate of drug-likeness (QED) is 0.429. The number of nitrogens with one attached hydrogen (secondary N) is 1. The van der Waals surface area contributed by atoms with E-state index in [0.29, 0.717) is 24.9 Å². The monoisotopic (exact) mass is 466 g/mol. The molecule has 3 heterocycles. The van der Waals surface area contributed by atoms with Crippen molar-refractivity contribution in [3.8, 4) is 10.7 Å². The maximum absolute atomic E-state index is 13.1. The molecule has 2 amide bonds. The average molecular weight is 467 g/mol. The van der Waals surface area contributed by atoms with E-state index >= 15 is 0 Å². The second kappa shape index (κ2) is 9.89. The molecule has 1 aromatic carbocycles. The summed E-state index contributed by atoms with van der Waals surface area (Å²) in [6, 6.07) is 9.63. The fourth-order valence-electron chi connectivity index (χ4n) is 3.90. The third-order valence-electron chi connectivity index (χ3n) is 5.84. The molecular formula is C25H30N4O3S. The molecule has 0 bridgehead atoms. The number of aromatic nitrogens is 2. The van der Waals surface area contributed by atoms with Crippen molar-refractivity contribution in [3.63, 3.8) is 0 Å². The highest BCUT2D eigenvalue weighted by molar-refractivity contribution is 7.13. The Kier molecular flexibility index (Phi) is 6.95. The molecule has 1 unspecified atom stereocenters. The summed E-state index contributed by atoms with van der Waals surface area (Å²) in [5.41, 5.74) is 4.98. The third kappa shape index (κ3) is 5.02. The third-order valence-corrected chi connectivity index (χ3v) is 6.70. The van der Waals surface area contributed by atoms with E-state index in [1.807, 2.05) is 44.4 Å². The van der Waals surface area contributed by atoms with Crippen LogP contribution >= 0.6 is 11.3 Å². The zero-order valence-electron chi connectivity index (χ0n) is 19.7. The van der Waals surface area contributed by atoms with Gasteiger partial charge in [-0.05, 0) is 69.2 Å². The van der Waals surface area contributed by atoms with Gasteiger partial charge in [0.1, 0.15) is 0 Å². The molecule has 7 nitrogen and oxygen atoms in total. The Morgan fingerprint density at radius 2 is 2.03 bits per heavy atom. The predicted octanol–water partition coefficient (Wildman–Crippen LogP) is 5.73. The van der Waals surface area contributed by atoms with Gasteiger partial charge < -0.3 is 14.6 Å². The Labute approximate surface area is 198 Å². The van der Waals surface area contributed by atoms with Crippen molar-refractivity contribution in [2.75, 3.05) is 13.2 Å². The summed E-state index contributed by atoms with van der Waals surface area (Å²) < 4.78 is 11.4. The molecule has 174 valence electrons. The average Bonchev–Trinajstić information content (AvgIpc) is 3.46. The number of amides is 2. The number of benzene rings is 1. The minimum atomic E-state index is -0.378. The number of rotatable bonds is 8. The van der Waals surface area contributed by atoms with Gasteiger partial charge in [-0.3, -0.25) is 4.90 Å². The van der Waals surface area contributed by atoms with Gasteiger partial charge in [0.25, 0.3) is 5.89 Å². The lowest BCUT2D eigenvalue weighted by Gasteiger charge is -2.35. The number of carbonyl (C=O) groups excluding carboxylic acids is 1. The Morgan fingerprint density at radius 3 is 2.73 bits per heavy atom. The van der Waals surface area contributed by atoms with Crippen LogP contribution < -0.4 is 5.32 Å². The molecule has 33 heavy (non-hydrogen) atoms. The Balaban J connectivity index is 1.72. The van der Waals surface area contributed by atoms with E-state index in [1.54, 1.807) is 16.2 Å². The maximum Gasteiger partial charge on any atom is 0.322 e. The van der Waals surface area contributed by atoms with Crippen LogP contribution in [0.15, 0.2) is 45.9 Å². The molecule has 4 rings (SSSR count). The molecular weight excluding hydrogens is 436 g/mol. The van der Waals surface area contributed by atoms with E-state index in [-0.39, 0.29) is 18.2 Å². The van der Waals surface area contributed by atoms with E-state index in [1.165, 1.54) is 5.56 Å². The summed E-state index contributed by atoms with van der Waals surface area (Å²) >= 11 is 1.56. The van der Waals surface area contributed by atoms with E-state index in [9.17, 15) is 4.79 Å². The number of allylic oxidation sites excluding steroid dienone is 1. The van der Waals surface area contributed by atoms with Crippen LogP contribution in [-0.2, 0) is 4.74 Å². The van der Waals surface area contributed by atoms with Crippen molar-refractivity contribution < 1.29 is 14.1 Å². The van der Waals surface area contributed by atoms with Gasteiger partial charge in [0.2, 0.25) is 5.82 Å². The highest BCUT2D eigenvalue weighted by atomic mass is 32.1. The van der Waals surface area contributed by atoms with Crippen LogP contribution in [0, 0.1) is 13.8 Å². The van der Waals surface area contributed by atoms with E-state index in [0.717, 1.165) is 33.7 Å². The molecule has 2 aromatic heterocycles. The second-order valence-electron chi connectivity index (χ2n) is 8.55. The van der Waals surface area contributed by atoms with Crippen molar-refractivity contribution >= 4 is 22.9 Å². The van der Waals surface area contributed by atoms with Gasteiger partial charge in [0, 0.05) is 18.8 Å². The summed E-state index contributed by atoms with van der Waals surface area (Å²) in [7, 11) is 0. The molecule has 0 fully saturated rings. The fourth-order valence-corrected chi connectivity index (χ4v) is 4.55. The molecule has 0 spiro atoms. The second-order valence-corrected chi connectivity index (χ2v) is 9.50. The van der Waals surface area contributed by atoms with Gasteiger partial charge in [-0.1, -0.05) is 29.4 Å². The van der Waals surface area contributed by atoms with Crippen LogP contribution in [0.25, 0.3) is 16.3 Å². The minimum absolute atomic E-state index is 0.137. The number of thiophene rings is 1. The lowest BCUT2D eigenvalue weighted by Crippen LogP contribution is -2.46. The summed E-state index contributed by atoms with van der Waals surface area (Å²) in [4.78, 5) is 20.5. The van der Waals surface area contributed by atoms with Gasteiger partial charge in [0.05, 0.1) is 22.6 Å². The Morgan fingerprint density at radius 1 is 1.21 bits per heavy atom. The molecule has 1 aliphatic rings. The molecule has 0 radical (unpaired) electrons. The molecule has 1 atom stereocenters. The van der Waals surface area contributed by atoms with E-state index in [2.05, 4.69) is 36.5 Å². The lowest BCUT2D eigenvalue weighted by atomic mass is 9.92. The topological polar surface area (TPSA) is 80.5 Å². The van der Waals surface area contributed by atoms with Gasteiger partial charge in [0.15, 0.2) is 0 Å². The zero-order valence-corrected chi connectivity index (χ0v) is 20.5. The lowest BCUT2D eigenvalue weighted by molar-refractivity contribution is 0.0736. The number of ether oxygens (including phenoxy) is 1. The molecule has 8 heteroatoms. The molecule has 1 N–H and O–H groups in total. The van der Waals surface area contributed by atoms with Gasteiger partial charge in [-0.25, -0.2) is 4.79 Å². The smallest absolute Gasteiger partial charge is 0.322 e.